The molecular formula is C22H19N7O. The van der Waals surface area contributed by atoms with Crippen LogP contribution >= 0.6 is 0 Å². The first-order valence-corrected chi connectivity index (χ1v) is 9.69. The van der Waals surface area contributed by atoms with Gasteiger partial charge in [-0.05, 0) is 41.0 Å². The topological polar surface area (TPSA) is 94.4 Å². The average molecular weight is 397 g/mol. The molecule has 0 amide bonds. The van der Waals surface area contributed by atoms with Crippen molar-refractivity contribution in [3.63, 3.8) is 0 Å². The predicted molar refractivity (Wildman–Crippen MR) is 113 cm³/mol. The molecule has 0 aliphatic rings. The maximum atomic E-state index is 5.73. The molecule has 0 bridgehead atoms. The van der Waals surface area contributed by atoms with E-state index in [9.17, 15) is 0 Å². The summed E-state index contributed by atoms with van der Waals surface area (Å²) in [5.41, 5.74) is 5.83. The second-order valence-corrected chi connectivity index (χ2v) is 6.74. The van der Waals surface area contributed by atoms with Crippen LogP contribution in [0.2, 0.25) is 0 Å². The zero-order valence-electron chi connectivity index (χ0n) is 16.4. The molecule has 30 heavy (non-hydrogen) atoms. The summed E-state index contributed by atoms with van der Waals surface area (Å²) in [5, 5.41) is 14.4. The summed E-state index contributed by atoms with van der Waals surface area (Å²) in [6.45, 7) is 3.12. The van der Waals surface area contributed by atoms with E-state index in [-0.39, 0.29) is 0 Å². The normalized spacial score (nSPS) is 11.1. The fourth-order valence-electron chi connectivity index (χ4n) is 3.50. The Morgan fingerprint density at radius 1 is 0.967 bits per heavy atom. The van der Waals surface area contributed by atoms with Crippen molar-refractivity contribution >= 4 is 11.2 Å². The number of fused-ring (bicyclic) bond motifs is 1. The molecule has 0 unspecified atom stereocenters. The van der Waals surface area contributed by atoms with Crippen molar-refractivity contribution in [3.05, 3.63) is 72.4 Å². The van der Waals surface area contributed by atoms with Crippen molar-refractivity contribution in [2.75, 3.05) is 6.61 Å². The monoisotopic (exact) mass is 397 g/mol. The highest BCUT2D eigenvalue weighted by molar-refractivity contribution is 5.80. The number of aromatic amines is 1. The lowest BCUT2D eigenvalue weighted by molar-refractivity contribution is 0.301. The SMILES string of the molecule is CCOc1nc2cccnc2n1Cc1ccc(-c2ccccc2-c2nn[nH]n2)cc1. The van der Waals surface area contributed by atoms with Gasteiger partial charge in [0.1, 0.15) is 5.52 Å². The summed E-state index contributed by atoms with van der Waals surface area (Å²) in [7, 11) is 0. The minimum Gasteiger partial charge on any atom is -0.465 e. The van der Waals surface area contributed by atoms with Gasteiger partial charge < -0.3 is 4.74 Å². The van der Waals surface area contributed by atoms with Crippen LogP contribution in [0.25, 0.3) is 33.7 Å². The van der Waals surface area contributed by atoms with Gasteiger partial charge >= 0.3 is 0 Å². The zero-order chi connectivity index (χ0) is 20.3. The van der Waals surface area contributed by atoms with Crippen LogP contribution in [-0.2, 0) is 6.54 Å². The largest absolute Gasteiger partial charge is 0.465 e. The number of ether oxygens (including phenoxy) is 1. The number of nitrogens with zero attached hydrogens (tertiary/aromatic N) is 6. The number of hydrogen-bond acceptors (Lipinski definition) is 6. The molecule has 0 saturated heterocycles. The highest BCUT2D eigenvalue weighted by Gasteiger charge is 2.14. The standard InChI is InChI=1S/C22H19N7O/c1-2-30-22-24-19-8-5-13-23-21(19)29(22)14-15-9-11-16(12-10-15)17-6-3-4-7-18(17)20-25-27-28-26-20/h3-13H,2,14H2,1H3,(H,25,26,27,28). The van der Waals surface area contributed by atoms with E-state index in [0.717, 1.165) is 33.4 Å². The van der Waals surface area contributed by atoms with Gasteiger partial charge in [-0.15, -0.1) is 10.2 Å². The number of rotatable bonds is 6. The Morgan fingerprint density at radius 2 is 1.80 bits per heavy atom. The third-order valence-corrected chi connectivity index (χ3v) is 4.86. The summed E-state index contributed by atoms with van der Waals surface area (Å²) in [5.74, 6) is 0.576. The van der Waals surface area contributed by atoms with Gasteiger partial charge in [0.05, 0.1) is 13.2 Å². The lowest BCUT2D eigenvalue weighted by Gasteiger charge is -2.10. The van der Waals surface area contributed by atoms with Crippen LogP contribution in [0.5, 0.6) is 6.01 Å². The highest BCUT2D eigenvalue weighted by Crippen LogP contribution is 2.30. The first-order valence-electron chi connectivity index (χ1n) is 9.69. The average Bonchev–Trinajstić information content (AvgIpc) is 3.44. The molecule has 1 N–H and O–H groups in total. The molecule has 148 valence electrons. The second kappa shape index (κ2) is 7.75. The van der Waals surface area contributed by atoms with Gasteiger partial charge in [-0.2, -0.15) is 10.2 Å². The van der Waals surface area contributed by atoms with E-state index in [2.05, 4.69) is 60.9 Å². The quantitative estimate of drug-likeness (QED) is 0.469. The molecule has 0 aliphatic heterocycles. The van der Waals surface area contributed by atoms with E-state index in [1.165, 1.54) is 0 Å². The van der Waals surface area contributed by atoms with Gasteiger partial charge in [0.15, 0.2) is 5.65 Å². The summed E-state index contributed by atoms with van der Waals surface area (Å²) >= 11 is 0. The molecule has 8 nitrogen and oxygen atoms in total. The second-order valence-electron chi connectivity index (χ2n) is 6.74. The van der Waals surface area contributed by atoms with Crippen LogP contribution in [0.4, 0.5) is 0 Å². The van der Waals surface area contributed by atoms with Crippen LogP contribution in [-0.4, -0.2) is 41.8 Å². The molecular weight excluding hydrogens is 378 g/mol. The third kappa shape index (κ3) is 3.28. The van der Waals surface area contributed by atoms with Gasteiger partial charge in [-0.1, -0.05) is 48.5 Å². The van der Waals surface area contributed by atoms with Gasteiger partial charge in [0, 0.05) is 11.8 Å². The minimum absolute atomic E-state index is 0.551. The van der Waals surface area contributed by atoms with Gasteiger partial charge in [0.2, 0.25) is 5.82 Å². The Hall–Kier alpha value is -4.07. The number of aromatic nitrogens is 7. The van der Waals surface area contributed by atoms with Gasteiger partial charge in [-0.3, -0.25) is 4.57 Å². The molecule has 2 aromatic carbocycles. The number of imidazole rings is 1. The molecule has 0 atom stereocenters. The van der Waals surface area contributed by atoms with E-state index >= 15 is 0 Å². The summed E-state index contributed by atoms with van der Waals surface area (Å²) in [6.07, 6.45) is 1.77. The first kappa shape index (κ1) is 18.0. The fraction of sp³-hybridized carbons (Fsp3) is 0.136. The number of benzene rings is 2. The van der Waals surface area contributed by atoms with Crippen molar-refractivity contribution < 1.29 is 4.74 Å². The van der Waals surface area contributed by atoms with Crippen molar-refractivity contribution in [1.29, 1.82) is 0 Å². The molecule has 0 radical (unpaired) electrons. The Balaban J connectivity index is 1.48. The predicted octanol–water partition coefficient (Wildman–Crippen LogP) is 3.73. The summed E-state index contributed by atoms with van der Waals surface area (Å²) in [4.78, 5) is 9.04. The van der Waals surface area contributed by atoms with Gasteiger partial charge in [-0.25, -0.2) is 4.98 Å². The van der Waals surface area contributed by atoms with E-state index < -0.39 is 0 Å². The maximum Gasteiger partial charge on any atom is 0.298 e. The smallest absolute Gasteiger partial charge is 0.298 e. The van der Waals surface area contributed by atoms with Crippen LogP contribution in [0.15, 0.2) is 66.9 Å². The number of nitrogens with one attached hydrogen (secondary N) is 1. The summed E-state index contributed by atoms with van der Waals surface area (Å²) in [6, 6.07) is 20.8. The zero-order valence-corrected chi connectivity index (χ0v) is 16.4. The van der Waals surface area contributed by atoms with E-state index in [4.69, 9.17) is 4.74 Å². The number of hydrogen-bond donors (Lipinski definition) is 1. The fourth-order valence-corrected chi connectivity index (χ4v) is 3.50. The molecule has 8 heteroatoms. The minimum atomic E-state index is 0.551. The van der Waals surface area contributed by atoms with Crippen molar-refractivity contribution in [1.82, 2.24) is 35.2 Å². The van der Waals surface area contributed by atoms with Crippen molar-refractivity contribution in [3.8, 4) is 28.5 Å². The molecule has 0 aliphatic carbocycles. The van der Waals surface area contributed by atoms with E-state index in [0.29, 0.717) is 25.0 Å². The van der Waals surface area contributed by atoms with Crippen LogP contribution in [0.3, 0.4) is 0 Å². The first-order chi connectivity index (χ1) is 14.8. The van der Waals surface area contributed by atoms with E-state index in [1.54, 1.807) is 6.20 Å². The number of tetrazole rings is 1. The lowest BCUT2D eigenvalue weighted by Crippen LogP contribution is -2.05. The maximum absolute atomic E-state index is 5.73. The number of H-pyrrole nitrogens is 1. The molecule has 5 aromatic rings. The van der Waals surface area contributed by atoms with Gasteiger partial charge in [0.25, 0.3) is 6.01 Å². The van der Waals surface area contributed by atoms with Crippen molar-refractivity contribution in [2.24, 2.45) is 0 Å². The van der Waals surface area contributed by atoms with Crippen LogP contribution in [0, 0.1) is 0 Å². The summed E-state index contributed by atoms with van der Waals surface area (Å²) < 4.78 is 7.73. The Bertz CT molecular complexity index is 1280. The van der Waals surface area contributed by atoms with E-state index in [1.807, 2.05) is 41.8 Å². The number of pyridine rings is 1. The molecule has 3 aromatic heterocycles. The Kier molecular flexibility index (Phi) is 4.65. The van der Waals surface area contributed by atoms with Crippen molar-refractivity contribution in [2.45, 2.75) is 13.5 Å². The third-order valence-electron chi connectivity index (χ3n) is 4.86. The molecule has 0 saturated carbocycles. The Labute approximate surface area is 172 Å². The van der Waals surface area contributed by atoms with Crippen LogP contribution in [0.1, 0.15) is 12.5 Å². The van der Waals surface area contributed by atoms with Crippen LogP contribution < -0.4 is 4.74 Å². The lowest BCUT2D eigenvalue weighted by atomic mass is 9.98. The Morgan fingerprint density at radius 3 is 2.57 bits per heavy atom. The molecule has 5 rings (SSSR count). The molecule has 0 spiro atoms. The highest BCUT2D eigenvalue weighted by atomic mass is 16.5. The molecule has 0 fully saturated rings. The molecule has 3 heterocycles.